The largest absolute Gasteiger partial charge is 0.494 e. The molecule has 3 nitrogen and oxygen atoms in total. The molecule has 26 heavy (non-hydrogen) atoms. The van der Waals surface area contributed by atoms with Gasteiger partial charge in [0.05, 0.1) is 6.61 Å². The van der Waals surface area contributed by atoms with Crippen molar-refractivity contribution in [2.75, 3.05) is 6.61 Å². The van der Waals surface area contributed by atoms with Gasteiger partial charge in [0.2, 0.25) is 5.91 Å². The summed E-state index contributed by atoms with van der Waals surface area (Å²) >= 11 is 0. The SMILES string of the molecule is CCCC(=O)NC(C)Cc1ccc(C#Cc2ccc(OCC)cc2)cc1. The van der Waals surface area contributed by atoms with Crippen LogP contribution in [-0.4, -0.2) is 18.6 Å². The van der Waals surface area contributed by atoms with Gasteiger partial charge in [0.25, 0.3) is 0 Å². The van der Waals surface area contributed by atoms with Gasteiger partial charge in [0.15, 0.2) is 0 Å². The van der Waals surface area contributed by atoms with E-state index in [4.69, 9.17) is 4.74 Å². The highest BCUT2D eigenvalue weighted by molar-refractivity contribution is 5.76. The van der Waals surface area contributed by atoms with E-state index >= 15 is 0 Å². The smallest absolute Gasteiger partial charge is 0.220 e. The molecule has 0 saturated heterocycles. The zero-order valence-corrected chi connectivity index (χ0v) is 15.8. The topological polar surface area (TPSA) is 38.3 Å². The molecule has 1 unspecified atom stereocenters. The fourth-order valence-corrected chi connectivity index (χ4v) is 2.65. The van der Waals surface area contributed by atoms with Crippen molar-refractivity contribution in [3.63, 3.8) is 0 Å². The summed E-state index contributed by atoms with van der Waals surface area (Å²) in [7, 11) is 0. The fraction of sp³-hybridized carbons (Fsp3) is 0.348. The second kappa shape index (κ2) is 10.3. The predicted molar refractivity (Wildman–Crippen MR) is 106 cm³/mol. The Morgan fingerprint density at radius 2 is 1.58 bits per heavy atom. The molecule has 0 spiro atoms. The van der Waals surface area contributed by atoms with Crippen LogP contribution >= 0.6 is 0 Å². The molecular weight excluding hydrogens is 322 g/mol. The van der Waals surface area contributed by atoms with Crippen molar-refractivity contribution in [1.29, 1.82) is 0 Å². The van der Waals surface area contributed by atoms with E-state index in [2.05, 4.69) is 29.3 Å². The summed E-state index contributed by atoms with van der Waals surface area (Å²) in [5.74, 6) is 7.34. The molecule has 0 heterocycles. The molecule has 0 fully saturated rings. The van der Waals surface area contributed by atoms with E-state index in [-0.39, 0.29) is 11.9 Å². The number of carbonyl (C=O) groups excluding carboxylic acids is 1. The third kappa shape index (κ3) is 6.64. The lowest BCUT2D eigenvalue weighted by atomic mass is 10.0. The van der Waals surface area contributed by atoms with E-state index in [9.17, 15) is 4.79 Å². The summed E-state index contributed by atoms with van der Waals surface area (Å²) in [4.78, 5) is 11.6. The number of benzene rings is 2. The summed E-state index contributed by atoms with van der Waals surface area (Å²) < 4.78 is 5.43. The molecule has 2 aromatic rings. The fourth-order valence-electron chi connectivity index (χ4n) is 2.65. The summed E-state index contributed by atoms with van der Waals surface area (Å²) in [6.45, 7) is 6.68. The van der Waals surface area contributed by atoms with E-state index in [0.717, 1.165) is 29.7 Å². The first kappa shape index (κ1) is 19.6. The molecule has 0 saturated carbocycles. The molecule has 0 aliphatic heterocycles. The number of carbonyl (C=O) groups is 1. The quantitative estimate of drug-likeness (QED) is 0.756. The molecule has 0 aromatic heterocycles. The Labute approximate surface area is 156 Å². The first-order valence-electron chi connectivity index (χ1n) is 9.24. The van der Waals surface area contributed by atoms with E-state index < -0.39 is 0 Å². The average molecular weight is 349 g/mol. The lowest BCUT2D eigenvalue weighted by molar-refractivity contribution is -0.121. The lowest BCUT2D eigenvalue weighted by Gasteiger charge is -2.13. The second-order valence-corrected chi connectivity index (χ2v) is 6.33. The Kier molecular flexibility index (Phi) is 7.76. The summed E-state index contributed by atoms with van der Waals surface area (Å²) in [6.07, 6.45) is 2.28. The van der Waals surface area contributed by atoms with Gasteiger partial charge in [-0.05, 0) is 68.7 Å². The maximum absolute atomic E-state index is 11.6. The number of hydrogen-bond donors (Lipinski definition) is 1. The van der Waals surface area contributed by atoms with E-state index in [1.54, 1.807) is 0 Å². The third-order valence-corrected chi connectivity index (χ3v) is 3.90. The predicted octanol–water partition coefficient (Wildman–Crippen LogP) is 4.33. The van der Waals surface area contributed by atoms with Gasteiger partial charge in [0, 0.05) is 23.6 Å². The van der Waals surface area contributed by atoms with E-state index in [1.807, 2.05) is 57.2 Å². The highest BCUT2D eigenvalue weighted by Gasteiger charge is 2.07. The average Bonchev–Trinajstić information content (AvgIpc) is 2.62. The number of hydrogen-bond acceptors (Lipinski definition) is 2. The van der Waals surface area contributed by atoms with Crippen LogP contribution in [0.25, 0.3) is 0 Å². The van der Waals surface area contributed by atoms with Gasteiger partial charge in [-0.1, -0.05) is 30.9 Å². The molecule has 0 aliphatic carbocycles. The first-order valence-corrected chi connectivity index (χ1v) is 9.24. The van der Waals surface area contributed by atoms with Crippen molar-refractivity contribution in [1.82, 2.24) is 5.32 Å². The molecule has 2 rings (SSSR count). The molecule has 1 N–H and O–H groups in total. The van der Waals surface area contributed by atoms with Crippen LogP contribution in [0.1, 0.15) is 50.3 Å². The minimum absolute atomic E-state index is 0.123. The van der Waals surface area contributed by atoms with Crippen LogP contribution in [0, 0.1) is 11.8 Å². The Morgan fingerprint density at radius 3 is 2.12 bits per heavy atom. The second-order valence-electron chi connectivity index (χ2n) is 6.33. The third-order valence-electron chi connectivity index (χ3n) is 3.90. The molecule has 2 aromatic carbocycles. The Bertz CT molecular complexity index is 752. The van der Waals surface area contributed by atoms with Crippen molar-refractivity contribution in [3.05, 3.63) is 65.2 Å². The van der Waals surface area contributed by atoms with Crippen LogP contribution in [-0.2, 0) is 11.2 Å². The summed E-state index contributed by atoms with van der Waals surface area (Å²) in [5.41, 5.74) is 3.14. The monoisotopic (exact) mass is 349 g/mol. The number of ether oxygens (including phenoxy) is 1. The minimum Gasteiger partial charge on any atom is -0.494 e. The molecule has 1 atom stereocenters. The van der Waals surface area contributed by atoms with E-state index in [0.29, 0.717) is 13.0 Å². The van der Waals surface area contributed by atoms with Gasteiger partial charge >= 0.3 is 0 Å². The van der Waals surface area contributed by atoms with Crippen molar-refractivity contribution in [2.45, 2.75) is 46.1 Å². The molecule has 0 bridgehead atoms. The highest BCUT2D eigenvalue weighted by Crippen LogP contribution is 2.12. The zero-order valence-electron chi connectivity index (χ0n) is 15.8. The van der Waals surface area contributed by atoms with Crippen LogP contribution in [0.15, 0.2) is 48.5 Å². The van der Waals surface area contributed by atoms with Gasteiger partial charge in [0.1, 0.15) is 5.75 Å². The highest BCUT2D eigenvalue weighted by atomic mass is 16.5. The van der Waals surface area contributed by atoms with Crippen molar-refractivity contribution in [3.8, 4) is 17.6 Å². The van der Waals surface area contributed by atoms with Gasteiger partial charge in [-0.3, -0.25) is 4.79 Å². The normalized spacial score (nSPS) is 11.2. The molecule has 1 amide bonds. The van der Waals surface area contributed by atoms with Crippen LogP contribution in [0.2, 0.25) is 0 Å². The van der Waals surface area contributed by atoms with Gasteiger partial charge in [-0.2, -0.15) is 0 Å². The maximum atomic E-state index is 11.6. The number of amides is 1. The van der Waals surface area contributed by atoms with Crippen LogP contribution < -0.4 is 10.1 Å². The number of nitrogens with one attached hydrogen (secondary N) is 1. The first-order chi connectivity index (χ1) is 12.6. The molecule has 136 valence electrons. The van der Waals surface area contributed by atoms with Gasteiger partial charge in [-0.25, -0.2) is 0 Å². The lowest BCUT2D eigenvalue weighted by Crippen LogP contribution is -2.33. The molecule has 3 heteroatoms. The molecular formula is C23H27NO2. The molecule has 0 radical (unpaired) electrons. The van der Waals surface area contributed by atoms with Crippen molar-refractivity contribution in [2.24, 2.45) is 0 Å². The van der Waals surface area contributed by atoms with E-state index in [1.165, 1.54) is 5.56 Å². The summed E-state index contributed by atoms with van der Waals surface area (Å²) in [5, 5.41) is 3.03. The summed E-state index contributed by atoms with van der Waals surface area (Å²) in [6, 6.07) is 16.1. The van der Waals surface area contributed by atoms with Gasteiger partial charge in [-0.15, -0.1) is 0 Å². The molecule has 0 aliphatic rings. The zero-order chi connectivity index (χ0) is 18.8. The standard InChI is InChI=1S/C23H27NO2/c1-4-6-23(25)24-18(3)17-21-11-9-19(10-12-21)7-8-20-13-15-22(16-14-20)26-5-2/h9-16,18H,4-6,17H2,1-3H3,(H,24,25). The Balaban J connectivity index is 1.92. The van der Waals surface area contributed by atoms with Crippen LogP contribution in [0.3, 0.4) is 0 Å². The van der Waals surface area contributed by atoms with Gasteiger partial charge < -0.3 is 10.1 Å². The van der Waals surface area contributed by atoms with Crippen LogP contribution in [0.5, 0.6) is 5.75 Å². The minimum atomic E-state index is 0.123. The Hall–Kier alpha value is -2.73. The maximum Gasteiger partial charge on any atom is 0.220 e. The number of rotatable bonds is 7. The Morgan fingerprint density at radius 1 is 1.00 bits per heavy atom. The van der Waals surface area contributed by atoms with Crippen molar-refractivity contribution >= 4 is 5.91 Å². The van der Waals surface area contributed by atoms with Crippen molar-refractivity contribution < 1.29 is 9.53 Å². The van der Waals surface area contributed by atoms with Crippen LogP contribution in [0.4, 0.5) is 0 Å².